The van der Waals surface area contributed by atoms with Crippen molar-refractivity contribution in [2.75, 3.05) is 6.54 Å². The maximum atomic E-state index is 12.0. The molecule has 1 N–H and O–H groups in total. The fourth-order valence-electron chi connectivity index (χ4n) is 1.66. The van der Waals surface area contributed by atoms with E-state index in [1.54, 1.807) is 18.5 Å². The predicted octanol–water partition coefficient (Wildman–Crippen LogP) is 2.23. The van der Waals surface area contributed by atoms with Crippen LogP contribution in [0, 0.1) is 6.92 Å². The molecule has 0 aliphatic rings. The van der Waals surface area contributed by atoms with Crippen LogP contribution < -0.4 is 5.32 Å². The zero-order valence-corrected chi connectivity index (χ0v) is 11.6. The van der Waals surface area contributed by atoms with E-state index >= 15 is 0 Å². The van der Waals surface area contributed by atoms with E-state index in [4.69, 9.17) is 11.6 Å². The second kappa shape index (κ2) is 5.84. The van der Waals surface area contributed by atoms with Gasteiger partial charge in [0.1, 0.15) is 0 Å². The van der Waals surface area contributed by atoms with Crippen LogP contribution in [0.3, 0.4) is 0 Å². The Hall–Kier alpha value is -1.88. The Morgan fingerprint density at radius 3 is 2.95 bits per heavy atom. The maximum Gasteiger partial charge on any atom is 0.252 e. The van der Waals surface area contributed by atoms with Gasteiger partial charge in [0.25, 0.3) is 5.91 Å². The first-order valence-electron chi connectivity index (χ1n) is 5.96. The van der Waals surface area contributed by atoms with Crippen molar-refractivity contribution in [2.45, 2.75) is 19.9 Å². The zero-order chi connectivity index (χ0) is 13.8. The molecule has 6 heteroatoms. The second-order valence-electron chi connectivity index (χ2n) is 4.41. The number of amides is 1. The van der Waals surface area contributed by atoms with Crippen LogP contribution in [0.4, 0.5) is 0 Å². The van der Waals surface area contributed by atoms with Gasteiger partial charge in [0.2, 0.25) is 0 Å². The normalized spacial score (nSPS) is 12.2. The van der Waals surface area contributed by atoms with Gasteiger partial charge >= 0.3 is 0 Å². The van der Waals surface area contributed by atoms with E-state index in [0.717, 1.165) is 5.56 Å². The average molecular weight is 279 g/mol. The lowest BCUT2D eigenvalue weighted by Crippen LogP contribution is -2.30. The minimum absolute atomic E-state index is 0.0817. The minimum Gasteiger partial charge on any atom is -0.350 e. The van der Waals surface area contributed by atoms with Crippen LogP contribution in [0.2, 0.25) is 5.02 Å². The fraction of sp³-hybridized carbons (Fsp3) is 0.308. The molecule has 0 aliphatic heterocycles. The molecule has 2 aromatic rings. The molecule has 1 unspecified atom stereocenters. The van der Waals surface area contributed by atoms with Crippen molar-refractivity contribution >= 4 is 17.5 Å². The zero-order valence-electron chi connectivity index (χ0n) is 10.8. The SMILES string of the molecule is Cc1cnn(C(C)CNC(=O)c2ccncc2Cl)c1. The molecule has 0 saturated carbocycles. The lowest BCUT2D eigenvalue weighted by molar-refractivity contribution is 0.0948. The van der Waals surface area contributed by atoms with Crippen molar-refractivity contribution in [1.29, 1.82) is 0 Å². The highest BCUT2D eigenvalue weighted by molar-refractivity contribution is 6.33. The van der Waals surface area contributed by atoms with Crippen molar-refractivity contribution in [2.24, 2.45) is 0 Å². The summed E-state index contributed by atoms with van der Waals surface area (Å²) < 4.78 is 1.82. The van der Waals surface area contributed by atoms with Gasteiger partial charge in [-0.05, 0) is 25.5 Å². The Kier molecular flexibility index (Phi) is 4.16. The average Bonchev–Trinajstić information content (AvgIpc) is 2.83. The molecule has 0 aliphatic carbocycles. The quantitative estimate of drug-likeness (QED) is 0.933. The van der Waals surface area contributed by atoms with Gasteiger partial charge in [0.05, 0.1) is 22.8 Å². The van der Waals surface area contributed by atoms with Gasteiger partial charge in [0.15, 0.2) is 0 Å². The Morgan fingerprint density at radius 1 is 1.53 bits per heavy atom. The molecule has 100 valence electrons. The first-order chi connectivity index (χ1) is 9.08. The van der Waals surface area contributed by atoms with Gasteiger partial charge in [-0.3, -0.25) is 14.5 Å². The molecule has 2 aromatic heterocycles. The number of pyridine rings is 1. The number of hydrogen-bond donors (Lipinski definition) is 1. The van der Waals surface area contributed by atoms with E-state index in [0.29, 0.717) is 17.1 Å². The van der Waals surface area contributed by atoms with Crippen molar-refractivity contribution in [3.05, 3.63) is 47.0 Å². The molecular formula is C13H15ClN4O. The minimum atomic E-state index is -0.205. The van der Waals surface area contributed by atoms with Gasteiger partial charge in [-0.15, -0.1) is 0 Å². The van der Waals surface area contributed by atoms with Gasteiger partial charge in [-0.2, -0.15) is 5.10 Å². The van der Waals surface area contributed by atoms with Crippen molar-refractivity contribution in [3.8, 4) is 0 Å². The molecule has 5 nitrogen and oxygen atoms in total. The summed E-state index contributed by atoms with van der Waals surface area (Å²) in [6, 6.07) is 1.68. The largest absolute Gasteiger partial charge is 0.350 e. The number of aromatic nitrogens is 3. The number of halogens is 1. The Bertz CT molecular complexity index is 582. The number of aryl methyl sites for hydroxylation is 1. The molecular weight excluding hydrogens is 264 g/mol. The third-order valence-corrected chi connectivity index (χ3v) is 3.06. The monoisotopic (exact) mass is 278 g/mol. The van der Waals surface area contributed by atoms with Gasteiger partial charge in [0, 0.05) is 25.1 Å². The van der Waals surface area contributed by atoms with Crippen molar-refractivity contribution in [3.63, 3.8) is 0 Å². The summed E-state index contributed by atoms with van der Waals surface area (Å²) in [5.41, 5.74) is 1.52. The van der Waals surface area contributed by atoms with Crippen LogP contribution in [0.25, 0.3) is 0 Å². The number of rotatable bonds is 4. The lowest BCUT2D eigenvalue weighted by Gasteiger charge is -2.13. The number of nitrogens with one attached hydrogen (secondary N) is 1. The van der Waals surface area contributed by atoms with Crippen LogP contribution in [0.15, 0.2) is 30.9 Å². The molecule has 19 heavy (non-hydrogen) atoms. The Balaban J connectivity index is 1.96. The molecule has 0 bridgehead atoms. The maximum absolute atomic E-state index is 12.0. The molecule has 0 aromatic carbocycles. The van der Waals surface area contributed by atoms with Gasteiger partial charge < -0.3 is 5.32 Å². The third-order valence-electron chi connectivity index (χ3n) is 2.76. The highest BCUT2D eigenvalue weighted by Crippen LogP contribution is 2.13. The molecule has 1 atom stereocenters. The number of hydrogen-bond acceptors (Lipinski definition) is 3. The first kappa shape index (κ1) is 13.5. The highest BCUT2D eigenvalue weighted by Gasteiger charge is 2.12. The highest BCUT2D eigenvalue weighted by atomic mass is 35.5. The van der Waals surface area contributed by atoms with E-state index in [9.17, 15) is 4.79 Å². The number of nitrogens with zero attached hydrogens (tertiary/aromatic N) is 3. The standard InChI is InChI=1S/C13H15ClN4O/c1-9-5-17-18(8-9)10(2)6-16-13(19)11-3-4-15-7-12(11)14/h3-5,7-8,10H,6H2,1-2H3,(H,16,19). The van der Waals surface area contributed by atoms with Crippen molar-refractivity contribution in [1.82, 2.24) is 20.1 Å². The van der Waals surface area contributed by atoms with Crippen LogP contribution in [-0.4, -0.2) is 27.2 Å². The molecule has 2 heterocycles. The summed E-state index contributed by atoms with van der Waals surface area (Å²) in [6.07, 6.45) is 6.73. The molecule has 0 spiro atoms. The number of carbonyl (C=O) groups is 1. The summed E-state index contributed by atoms with van der Waals surface area (Å²) in [5.74, 6) is -0.205. The molecule has 2 rings (SSSR count). The van der Waals surface area contributed by atoms with Crippen LogP contribution in [0.1, 0.15) is 28.9 Å². The van der Waals surface area contributed by atoms with Gasteiger partial charge in [-0.25, -0.2) is 0 Å². The van der Waals surface area contributed by atoms with Crippen LogP contribution >= 0.6 is 11.6 Å². The summed E-state index contributed by atoms with van der Waals surface area (Å²) in [6.45, 7) is 4.45. The first-order valence-corrected chi connectivity index (χ1v) is 6.34. The van der Waals surface area contributed by atoms with Gasteiger partial charge in [-0.1, -0.05) is 11.6 Å². The Morgan fingerprint density at radius 2 is 2.32 bits per heavy atom. The van der Waals surface area contributed by atoms with Crippen LogP contribution in [-0.2, 0) is 0 Å². The van der Waals surface area contributed by atoms with Crippen LogP contribution in [0.5, 0.6) is 0 Å². The summed E-state index contributed by atoms with van der Waals surface area (Å²) in [5, 5.41) is 7.40. The molecule has 0 saturated heterocycles. The molecule has 0 radical (unpaired) electrons. The smallest absolute Gasteiger partial charge is 0.252 e. The predicted molar refractivity (Wildman–Crippen MR) is 73.3 cm³/mol. The summed E-state index contributed by atoms with van der Waals surface area (Å²) in [7, 11) is 0. The van der Waals surface area contributed by atoms with E-state index in [-0.39, 0.29) is 11.9 Å². The third kappa shape index (κ3) is 3.32. The molecule has 1 amide bonds. The van der Waals surface area contributed by atoms with Crippen molar-refractivity contribution < 1.29 is 4.79 Å². The fourth-order valence-corrected chi connectivity index (χ4v) is 1.87. The van der Waals surface area contributed by atoms with E-state index in [1.165, 1.54) is 6.20 Å². The van der Waals surface area contributed by atoms with E-state index < -0.39 is 0 Å². The number of carbonyl (C=O) groups excluding carboxylic acids is 1. The van der Waals surface area contributed by atoms with E-state index in [2.05, 4.69) is 15.4 Å². The second-order valence-corrected chi connectivity index (χ2v) is 4.82. The lowest BCUT2D eigenvalue weighted by atomic mass is 10.2. The van der Waals surface area contributed by atoms with E-state index in [1.807, 2.05) is 24.7 Å². The Labute approximate surface area is 116 Å². The molecule has 0 fully saturated rings. The topological polar surface area (TPSA) is 59.8 Å². The summed E-state index contributed by atoms with van der Waals surface area (Å²) in [4.78, 5) is 15.8. The summed E-state index contributed by atoms with van der Waals surface area (Å²) >= 11 is 5.91.